The third-order valence-corrected chi connectivity index (χ3v) is 4.00. The number of halogens is 1. The third-order valence-electron chi connectivity index (χ3n) is 4.00. The van der Waals surface area contributed by atoms with Crippen molar-refractivity contribution in [3.63, 3.8) is 0 Å². The highest BCUT2D eigenvalue weighted by Crippen LogP contribution is 2.39. The van der Waals surface area contributed by atoms with Crippen LogP contribution >= 0.6 is 0 Å². The lowest BCUT2D eigenvalue weighted by molar-refractivity contribution is 0.140. The molecule has 0 spiro atoms. The van der Waals surface area contributed by atoms with Crippen molar-refractivity contribution in [1.82, 2.24) is 5.32 Å². The molecule has 1 aliphatic carbocycles. The smallest absolute Gasteiger partial charge is 0.123 e. The van der Waals surface area contributed by atoms with E-state index in [9.17, 15) is 4.39 Å². The second-order valence-corrected chi connectivity index (χ2v) is 6.07. The van der Waals surface area contributed by atoms with Gasteiger partial charge in [-0.05, 0) is 55.5 Å². The predicted molar refractivity (Wildman–Crippen MR) is 75.9 cm³/mol. The van der Waals surface area contributed by atoms with Gasteiger partial charge in [-0.15, -0.1) is 0 Å². The zero-order chi connectivity index (χ0) is 13.9. The van der Waals surface area contributed by atoms with Gasteiger partial charge in [-0.3, -0.25) is 0 Å². The molecular weight excluding hydrogens is 241 g/mol. The van der Waals surface area contributed by atoms with Crippen LogP contribution in [0.1, 0.15) is 40.0 Å². The first kappa shape index (κ1) is 14.3. The van der Waals surface area contributed by atoms with Crippen molar-refractivity contribution in [2.24, 2.45) is 5.41 Å². The summed E-state index contributed by atoms with van der Waals surface area (Å²) >= 11 is 0. The van der Waals surface area contributed by atoms with Gasteiger partial charge in [-0.25, -0.2) is 4.39 Å². The Morgan fingerprint density at radius 1 is 1.32 bits per heavy atom. The molecule has 2 unspecified atom stereocenters. The average Bonchev–Trinajstić information content (AvgIpc) is 2.65. The van der Waals surface area contributed by atoms with E-state index in [4.69, 9.17) is 4.74 Å². The highest BCUT2D eigenvalue weighted by Gasteiger charge is 2.42. The van der Waals surface area contributed by atoms with Crippen LogP contribution < -0.4 is 10.1 Å². The van der Waals surface area contributed by atoms with Crippen molar-refractivity contribution in [3.8, 4) is 5.75 Å². The summed E-state index contributed by atoms with van der Waals surface area (Å²) in [5.74, 6) is 0.534. The fraction of sp³-hybridized carbons (Fsp3) is 0.625. The first-order valence-corrected chi connectivity index (χ1v) is 7.18. The molecule has 19 heavy (non-hydrogen) atoms. The molecule has 0 radical (unpaired) electrons. The number of hydrogen-bond donors (Lipinski definition) is 1. The molecule has 0 amide bonds. The Morgan fingerprint density at radius 2 is 2.00 bits per heavy atom. The SMILES string of the molecule is CCCNC1C(Oc2ccc(F)cc2)CCC1(C)C. The van der Waals surface area contributed by atoms with Gasteiger partial charge in [0.05, 0.1) is 0 Å². The Kier molecular flexibility index (Phi) is 4.46. The average molecular weight is 265 g/mol. The van der Waals surface area contributed by atoms with Crippen molar-refractivity contribution >= 4 is 0 Å². The molecule has 1 fully saturated rings. The molecule has 1 aliphatic rings. The van der Waals surface area contributed by atoms with Gasteiger partial charge in [-0.1, -0.05) is 20.8 Å². The highest BCUT2D eigenvalue weighted by atomic mass is 19.1. The molecule has 1 N–H and O–H groups in total. The van der Waals surface area contributed by atoms with Crippen LogP contribution in [0.15, 0.2) is 24.3 Å². The van der Waals surface area contributed by atoms with E-state index in [0.29, 0.717) is 6.04 Å². The summed E-state index contributed by atoms with van der Waals surface area (Å²) in [5, 5.41) is 3.60. The molecule has 2 rings (SSSR count). The number of rotatable bonds is 5. The fourth-order valence-electron chi connectivity index (χ4n) is 2.86. The summed E-state index contributed by atoms with van der Waals surface area (Å²) < 4.78 is 18.9. The Labute approximate surface area is 115 Å². The largest absolute Gasteiger partial charge is 0.489 e. The molecule has 0 bridgehead atoms. The molecule has 2 atom stereocenters. The molecule has 3 heteroatoms. The molecule has 0 saturated heterocycles. The topological polar surface area (TPSA) is 21.3 Å². The maximum atomic E-state index is 12.9. The van der Waals surface area contributed by atoms with Crippen molar-refractivity contribution < 1.29 is 9.13 Å². The summed E-state index contributed by atoms with van der Waals surface area (Å²) in [6.45, 7) is 7.75. The van der Waals surface area contributed by atoms with E-state index in [0.717, 1.165) is 31.6 Å². The summed E-state index contributed by atoms with van der Waals surface area (Å²) in [5.41, 5.74) is 0.250. The van der Waals surface area contributed by atoms with Gasteiger partial charge in [0, 0.05) is 6.04 Å². The second kappa shape index (κ2) is 5.91. The molecule has 2 nitrogen and oxygen atoms in total. The van der Waals surface area contributed by atoms with Crippen molar-refractivity contribution in [1.29, 1.82) is 0 Å². The minimum Gasteiger partial charge on any atom is -0.489 e. The normalized spacial score (nSPS) is 25.5. The van der Waals surface area contributed by atoms with Gasteiger partial charge in [0.1, 0.15) is 17.7 Å². The second-order valence-electron chi connectivity index (χ2n) is 6.07. The van der Waals surface area contributed by atoms with Crippen LogP contribution in [0.5, 0.6) is 5.75 Å². The van der Waals surface area contributed by atoms with Crippen LogP contribution in [0, 0.1) is 11.2 Å². The summed E-state index contributed by atoms with van der Waals surface area (Å²) in [7, 11) is 0. The van der Waals surface area contributed by atoms with Crippen LogP contribution in [-0.2, 0) is 0 Å². The van der Waals surface area contributed by atoms with Crippen LogP contribution in [0.2, 0.25) is 0 Å². The first-order valence-electron chi connectivity index (χ1n) is 7.18. The zero-order valence-electron chi connectivity index (χ0n) is 12.1. The van der Waals surface area contributed by atoms with Crippen LogP contribution in [0.25, 0.3) is 0 Å². The maximum absolute atomic E-state index is 12.9. The molecule has 1 aromatic rings. The van der Waals surface area contributed by atoms with E-state index in [1.807, 2.05) is 0 Å². The van der Waals surface area contributed by atoms with E-state index in [-0.39, 0.29) is 17.3 Å². The highest BCUT2D eigenvalue weighted by molar-refractivity contribution is 5.23. The van der Waals surface area contributed by atoms with Gasteiger partial charge >= 0.3 is 0 Å². The van der Waals surface area contributed by atoms with Crippen molar-refractivity contribution in [3.05, 3.63) is 30.1 Å². The minimum atomic E-state index is -0.222. The summed E-state index contributed by atoms with van der Waals surface area (Å²) in [6.07, 6.45) is 3.49. The summed E-state index contributed by atoms with van der Waals surface area (Å²) in [4.78, 5) is 0. The number of ether oxygens (including phenoxy) is 1. The van der Waals surface area contributed by atoms with Crippen LogP contribution in [0.3, 0.4) is 0 Å². The van der Waals surface area contributed by atoms with Crippen LogP contribution in [0.4, 0.5) is 4.39 Å². The van der Waals surface area contributed by atoms with E-state index < -0.39 is 0 Å². The van der Waals surface area contributed by atoms with Crippen LogP contribution in [-0.4, -0.2) is 18.7 Å². The van der Waals surface area contributed by atoms with E-state index in [1.165, 1.54) is 12.1 Å². The van der Waals surface area contributed by atoms with Gasteiger partial charge < -0.3 is 10.1 Å². The lowest BCUT2D eigenvalue weighted by Crippen LogP contribution is -2.46. The summed E-state index contributed by atoms with van der Waals surface area (Å²) in [6, 6.07) is 6.67. The fourth-order valence-corrected chi connectivity index (χ4v) is 2.86. The molecule has 1 aromatic carbocycles. The van der Waals surface area contributed by atoms with Gasteiger partial charge in [0.2, 0.25) is 0 Å². The molecule has 0 aromatic heterocycles. The van der Waals surface area contributed by atoms with Gasteiger partial charge in [0.15, 0.2) is 0 Å². The predicted octanol–water partition coefficient (Wildman–Crippen LogP) is 3.76. The minimum absolute atomic E-state index is 0.173. The third kappa shape index (κ3) is 3.47. The first-order chi connectivity index (χ1) is 9.03. The molecule has 106 valence electrons. The quantitative estimate of drug-likeness (QED) is 0.875. The Balaban J connectivity index is 2.03. The standard InChI is InChI=1S/C16H24FNO/c1-4-11-18-15-14(9-10-16(15,2)3)19-13-7-5-12(17)6-8-13/h5-8,14-15,18H,4,9-11H2,1-3H3. The monoisotopic (exact) mass is 265 g/mol. The number of hydrogen-bond acceptors (Lipinski definition) is 2. The van der Waals surface area contributed by atoms with E-state index >= 15 is 0 Å². The maximum Gasteiger partial charge on any atom is 0.123 e. The van der Waals surface area contributed by atoms with Gasteiger partial charge in [-0.2, -0.15) is 0 Å². The Hall–Kier alpha value is -1.09. The number of nitrogens with one attached hydrogen (secondary N) is 1. The lowest BCUT2D eigenvalue weighted by atomic mass is 9.87. The Morgan fingerprint density at radius 3 is 2.63 bits per heavy atom. The molecule has 1 saturated carbocycles. The Bertz CT molecular complexity index is 402. The lowest BCUT2D eigenvalue weighted by Gasteiger charge is -2.31. The number of benzene rings is 1. The molecule has 0 heterocycles. The van der Waals surface area contributed by atoms with E-state index in [1.54, 1.807) is 12.1 Å². The van der Waals surface area contributed by atoms with E-state index in [2.05, 4.69) is 26.1 Å². The molecule has 0 aliphatic heterocycles. The molecular formula is C16H24FNO. The van der Waals surface area contributed by atoms with Crippen molar-refractivity contribution in [2.45, 2.75) is 52.2 Å². The van der Waals surface area contributed by atoms with Crippen molar-refractivity contribution in [2.75, 3.05) is 6.54 Å². The van der Waals surface area contributed by atoms with Gasteiger partial charge in [0.25, 0.3) is 0 Å². The zero-order valence-corrected chi connectivity index (χ0v) is 12.1.